The van der Waals surface area contributed by atoms with Gasteiger partial charge in [-0.1, -0.05) is 0 Å². The average Bonchev–Trinajstić information content (AvgIpc) is 2.95. The van der Waals surface area contributed by atoms with Gasteiger partial charge in [0.15, 0.2) is 5.52 Å². The molecule has 1 saturated heterocycles. The second kappa shape index (κ2) is 5.95. The Hall–Kier alpha value is -1.73. The maximum Gasteiger partial charge on any atom is 0.319 e. The molecule has 2 heterocycles. The quantitative estimate of drug-likeness (QED) is 0.691. The van der Waals surface area contributed by atoms with E-state index in [2.05, 4.69) is 17.2 Å². The third-order valence-corrected chi connectivity index (χ3v) is 4.81. The third-order valence-electron chi connectivity index (χ3n) is 4.01. The van der Waals surface area contributed by atoms with Crippen molar-refractivity contribution in [3.05, 3.63) is 27.8 Å². The number of thiazole rings is 1. The van der Waals surface area contributed by atoms with Crippen LogP contribution in [0.4, 0.5) is 11.4 Å². The molecule has 2 aromatic rings. The van der Waals surface area contributed by atoms with Gasteiger partial charge in [0.1, 0.15) is 5.69 Å². The lowest BCUT2D eigenvalue weighted by Crippen LogP contribution is -2.31. The van der Waals surface area contributed by atoms with Crippen molar-refractivity contribution >= 4 is 32.9 Å². The van der Waals surface area contributed by atoms with Gasteiger partial charge in [-0.05, 0) is 37.8 Å². The first kappa shape index (κ1) is 14.2. The van der Waals surface area contributed by atoms with E-state index in [0.717, 1.165) is 30.8 Å². The Morgan fingerprint density at radius 1 is 1.48 bits per heavy atom. The Morgan fingerprint density at radius 2 is 2.24 bits per heavy atom. The predicted octanol–water partition coefficient (Wildman–Crippen LogP) is 3.43. The predicted molar refractivity (Wildman–Crippen MR) is 82.9 cm³/mol. The normalized spacial score (nSPS) is 17.8. The Bertz CT molecular complexity index is 652. The summed E-state index contributed by atoms with van der Waals surface area (Å²) in [5, 5.41) is 14.7. The highest BCUT2D eigenvalue weighted by Gasteiger charge is 2.25. The van der Waals surface area contributed by atoms with Crippen LogP contribution in [-0.4, -0.2) is 29.2 Å². The number of hydrogen-bond donors (Lipinski definition) is 1. The van der Waals surface area contributed by atoms with E-state index < -0.39 is 0 Å². The highest BCUT2D eigenvalue weighted by atomic mass is 32.1. The summed E-state index contributed by atoms with van der Waals surface area (Å²) in [4.78, 5) is 15.2. The molecule has 1 aromatic heterocycles. The summed E-state index contributed by atoms with van der Waals surface area (Å²) in [7, 11) is 0. The van der Waals surface area contributed by atoms with Crippen LogP contribution in [0.5, 0.6) is 0 Å². The summed E-state index contributed by atoms with van der Waals surface area (Å²) in [6.07, 6.45) is 1.97. The molecule has 3 rings (SSSR count). The lowest BCUT2D eigenvalue weighted by molar-refractivity contribution is -0.382. The van der Waals surface area contributed by atoms with Gasteiger partial charge in [-0.15, -0.1) is 11.3 Å². The summed E-state index contributed by atoms with van der Waals surface area (Å²) >= 11 is 1.41. The molecule has 0 aliphatic carbocycles. The van der Waals surface area contributed by atoms with Gasteiger partial charge < -0.3 is 10.1 Å². The van der Waals surface area contributed by atoms with Gasteiger partial charge in [0.2, 0.25) is 0 Å². The van der Waals surface area contributed by atoms with Crippen molar-refractivity contribution in [2.24, 2.45) is 5.92 Å². The van der Waals surface area contributed by atoms with Crippen molar-refractivity contribution in [3.63, 3.8) is 0 Å². The van der Waals surface area contributed by atoms with E-state index in [1.807, 2.05) is 6.07 Å². The van der Waals surface area contributed by atoms with Crippen molar-refractivity contribution in [2.45, 2.75) is 25.8 Å². The summed E-state index contributed by atoms with van der Waals surface area (Å²) in [5.74, 6) is 0.476. The molecule has 0 radical (unpaired) electrons. The van der Waals surface area contributed by atoms with E-state index in [0.29, 0.717) is 17.1 Å². The second-order valence-electron chi connectivity index (χ2n) is 5.30. The highest BCUT2D eigenvalue weighted by molar-refractivity contribution is 7.16. The second-order valence-corrected chi connectivity index (χ2v) is 6.19. The number of fused-ring (bicyclic) bond motifs is 1. The molecule has 0 amide bonds. The Balaban J connectivity index is 1.88. The van der Waals surface area contributed by atoms with E-state index in [4.69, 9.17) is 4.74 Å². The first-order valence-corrected chi connectivity index (χ1v) is 7.89. The monoisotopic (exact) mass is 307 g/mol. The van der Waals surface area contributed by atoms with E-state index in [-0.39, 0.29) is 16.7 Å². The number of nitro benzene ring substituents is 1. The molecule has 112 valence electrons. The molecule has 1 aromatic carbocycles. The minimum atomic E-state index is -0.346. The van der Waals surface area contributed by atoms with Crippen molar-refractivity contribution in [1.82, 2.24) is 4.98 Å². The third kappa shape index (κ3) is 2.84. The van der Waals surface area contributed by atoms with Crippen LogP contribution < -0.4 is 5.32 Å². The van der Waals surface area contributed by atoms with E-state index in [1.54, 1.807) is 11.6 Å². The first-order valence-electron chi connectivity index (χ1n) is 7.01. The van der Waals surface area contributed by atoms with Gasteiger partial charge >= 0.3 is 5.69 Å². The Labute approximate surface area is 126 Å². The van der Waals surface area contributed by atoms with E-state index >= 15 is 0 Å². The summed E-state index contributed by atoms with van der Waals surface area (Å²) in [6.45, 7) is 3.61. The zero-order chi connectivity index (χ0) is 14.8. The molecule has 0 saturated carbocycles. The summed E-state index contributed by atoms with van der Waals surface area (Å²) in [6, 6.07) is 3.84. The number of nitro groups is 1. The Kier molecular flexibility index (Phi) is 4.03. The largest absolute Gasteiger partial charge is 0.381 e. The van der Waals surface area contributed by atoms with Crippen LogP contribution in [-0.2, 0) is 4.74 Å². The molecule has 1 atom stereocenters. The maximum absolute atomic E-state index is 11.4. The molecular formula is C14H17N3O3S. The minimum Gasteiger partial charge on any atom is -0.381 e. The minimum absolute atomic E-state index is 0.0765. The van der Waals surface area contributed by atoms with Gasteiger partial charge in [0.25, 0.3) is 0 Å². The molecule has 21 heavy (non-hydrogen) atoms. The lowest BCUT2D eigenvalue weighted by Gasteiger charge is -2.28. The molecule has 0 bridgehead atoms. The fraction of sp³-hybridized carbons (Fsp3) is 0.500. The molecule has 1 aliphatic rings. The zero-order valence-corrected chi connectivity index (χ0v) is 12.6. The summed E-state index contributed by atoms with van der Waals surface area (Å²) in [5.41, 5.74) is 2.74. The molecule has 0 spiro atoms. The number of anilines is 1. The van der Waals surface area contributed by atoms with Crippen LogP contribution >= 0.6 is 11.3 Å². The van der Waals surface area contributed by atoms with Crippen molar-refractivity contribution in [1.29, 1.82) is 0 Å². The van der Waals surface area contributed by atoms with Gasteiger partial charge in [0.05, 0.1) is 15.1 Å². The van der Waals surface area contributed by atoms with Crippen LogP contribution in [0.25, 0.3) is 10.2 Å². The fourth-order valence-electron chi connectivity index (χ4n) is 2.80. The number of benzene rings is 1. The summed E-state index contributed by atoms with van der Waals surface area (Å²) < 4.78 is 6.20. The topological polar surface area (TPSA) is 77.3 Å². The molecule has 6 nitrogen and oxygen atoms in total. The van der Waals surface area contributed by atoms with Gasteiger partial charge in [-0.25, -0.2) is 4.98 Å². The van der Waals surface area contributed by atoms with Crippen LogP contribution in [0.1, 0.15) is 19.8 Å². The molecule has 1 aliphatic heterocycles. The molecule has 1 N–H and O–H groups in total. The number of ether oxygens (including phenoxy) is 1. The van der Waals surface area contributed by atoms with Crippen molar-refractivity contribution in [3.8, 4) is 0 Å². The standard InChI is InChI=1S/C14H17N3O3S/c1-9(10-4-6-20-7-5-10)16-11-2-3-12-13(15-8-21-12)14(11)17(18)19/h2-3,8-10,16H,4-7H2,1H3. The number of rotatable bonds is 4. The SMILES string of the molecule is CC(Nc1ccc2scnc2c1[N+](=O)[O-])C1CCOCC1. The molecule has 7 heteroatoms. The number of nitrogens with one attached hydrogen (secondary N) is 1. The van der Waals surface area contributed by atoms with Crippen LogP contribution in [0.15, 0.2) is 17.6 Å². The molecular weight excluding hydrogens is 290 g/mol. The van der Waals surface area contributed by atoms with Crippen LogP contribution in [0.2, 0.25) is 0 Å². The maximum atomic E-state index is 11.4. The number of hydrogen-bond acceptors (Lipinski definition) is 6. The van der Waals surface area contributed by atoms with Gasteiger partial charge in [0, 0.05) is 19.3 Å². The van der Waals surface area contributed by atoms with Crippen molar-refractivity contribution in [2.75, 3.05) is 18.5 Å². The number of nitrogens with zero attached hydrogens (tertiary/aromatic N) is 2. The van der Waals surface area contributed by atoms with Crippen LogP contribution in [0, 0.1) is 16.0 Å². The smallest absolute Gasteiger partial charge is 0.319 e. The van der Waals surface area contributed by atoms with Crippen molar-refractivity contribution < 1.29 is 9.66 Å². The lowest BCUT2D eigenvalue weighted by atomic mass is 9.92. The van der Waals surface area contributed by atoms with Gasteiger partial charge in [-0.3, -0.25) is 10.1 Å². The fourth-order valence-corrected chi connectivity index (χ4v) is 3.48. The molecule has 1 fully saturated rings. The number of aromatic nitrogens is 1. The van der Waals surface area contributed by atoms with E-state index in [1.165, 1.54) is 11.3 Å². The Morgan fingerprint density at radius 3 is 2.95 bits per heavy atom. The van der Waals surface area contributed by atoms with Gasteiger partial charge in [-0.2, -0.15) is 0 Å². The highest BCUT2D eigenvalue weighted by Crippen LogP contribution is 2.35. The zero-order valence-electron chi connectivity index (χ0n) is 11.7. The van der Waals surface area contributed by atoms with Crippen LogP contribution in [0.3, 0.4) is 0 Å². The first-order chi connectivity index (χ1) is 10.2. The molecule has 1 unspecified atom stereocenters. The van der Waals surface area contributed by atoms with E-state index in [9.17, 15) is 10.1 Å². The average molecular weight is 307 g/mol.